The van der Waals surface area contributed by atoms with Gasteiger partial charge in [0.1, 0.15) is 12.4 Å². The number of hydrogen-bond donors (Lipinski definition) is 1. The zero-order valence-electron chi connectivity index (χ0n) is 11.9. The second kappa shape index (κ2) is 6.22. The molecule has 1 aromatic rings. The molecule has 2 saturated heterocycles. The van der Waals surface area contributed by atoms with Gasteiger partial charge in [-0.3, -0.25) is 9.59 Å². The third-order valence-electron chi connectivity index (χ3n) is 4.07. The van der Waals surface area contributed by atoms with Crippen molar-refractivity contribution in [1.29, 1.82) is 0 Å². The first-order valence-corrected chi connectivity index (χ1v) is 7.54. The first-order valence-electron chi connectivity index (χ1n) is 7.16. The van der Waals surface area contributed by atoms with E-state index >= 15 is 0 Å². The van der Waals surface area contributed by atoms with Gasteiger partial charge in [-0.1, -0.05) is 17.7 Å². The highest BCUT2D eigenvalue weighted by Gasteiger charge is 2.36. The molecular weight excluding hydrogens is 311 g/mol. The van der Waals surface area contributed by atoms with Crippen LogP contribution < -0.4 is 5.32 Å². The van der Waals surface area contributed by atoms with Gasteiger partial charge in [-0.2, -0.15) is 0 Å². The summed E-state index contributed by atoms with van der Waals surface area (Å²) in [5.41, 5.74) is 0.209. The summed E-state index contributed by atoms with van der Waals surface area (Å²) in [4.78, 5) is 25.4. The summed E-state index contributed by atoms with van der Waals surface area (Å²) in [5.74, 6) is -0.858. The predicted octanol–water partition coefficient (Wildman–Crippen LogP) is 1.14. The van der Waals surface area contributed by atoms with Crippen molar-refractivity contribution in [2.45, 2.75) is 25.0 Å². The molecule has 0 saturated carbocycles. The molecule has 22 heavy (non-hydrogen) atoms. The van der Waals surface area contributed by atoms with Crippen LogP contribution in [-0.4, -0.2) is 48.6 Å². The van der Waals surface area contributed by atoms with E-state index in [9.17, 15) is 14.0 Å². The maximum absolute atomic E-state index is 13.8. The molecule has 2 fully saturated rings. The standard InChI is InChI=1S/C15H16ClFN2O3/c16-10-2-1-3-11(17)9(10)6-15(21)19-5-4-13-12(7-19)18-14(20)8-22-13/h1-3,12-13H,4-8H2,(H,18,20)/t12-,13+/m0/s1. The van der Waals surface area contributed by atoms with Gasteiger partial charge in [-0.25, -0.2) is 4.39 Å². The first-order chi connectivity index (χ1) is 10.5. The largest absolute Gasteiger partial charge is 0.366 e. The van der Waals surface area contributed by atoms with E-state index in [2.05, 4.69) is 5.32 Å². The Balaban J connectivity index is 1.67. The Bertz CT molecular complexity index is 590. The number of likely N-dealkylation sites (tertiary alicyclic amines) is 1. The number of halogens is 2. The first kappa shape index (κ1) is 15.2. The van der Waals surface area contributed by atoms with Crippen molar-refractivity contribution >= 4 is 23.4 Å². The third kappa shape index (κ3) is 3.08. The van der Waals surface area contributed by atoms with E-state index in [1.165, 1.54) is 12.1 Å². The van der Waals surface area contributed by atoms with Gasteiger partial charge < -0.3 is 15.0 Å². The van der Waals surface area contributed by atoms with Crippen LogP contribution in [0.2, 0.25) is 5.02 Å². The van der Waals surface area contributed by atoms with Crippen LogP contribution in [-0.2, 0) is 20.7 Å². The average molecular weight is 327 g/mol. The topological polar surface area (TPSA) is 58.6 Å². The molecule has 2 aliphatic rings. The summed E-state index contributed by atoms with van der Waals surface area (Å²) in [6, 6.07) is 4.16. The summed E-state index contributed by atoms with van der Waals surface area (Å²) in [6.07, 6.45) is 0.512. The molecule has 3 rings (SSSR count). The lowest BCUT2D eigenvalue weighted by molar-refractivity contribution is -0.146. The molecule has 1 N–H and O–H groups in total. The molecule has 0 aromatic heterocycles. The lowest BCUT2D eigenvalue weighted by Gasteiger charge is -2.41. The van der Waals surface area contributed by atoms with Crippen LogP contribution in [0.25, 0.3) is 0 Å². The van der Waals surface area contributed by atoms with E-state index in [1.54, 1.807) is 11.0 Å². The zero-order valence-corrected chi connectivity index (χ0v) is 12.6. The highest BCUT2D eigenvalue weighted by Crippen LogP contribution is 2.22. The van der Waals surface area contributed by atoms with E-state index in [4.69, 9.17) is 16.3 Å². The van der Waals surface area contributed by atoms with E-state index < -0.39 is 5.82 Å². The molecule has 0 unspecified atom stereocenters. The Morgan fingerprint density at radius 2 is 2.32 bits per heavy atom. The predicted molar refractivity (Wildman–Crippen MR) is 78.0 cm³/mol. The van der Waals surface area contributed by atoms with Crippen LogP contribution in [0.3, 0.4) is 0 Å². The van der Waals surface area contributed by atoms with Crippen molar-refractivity contribution in [2.24, 2.45) is 0 Å². The highest BCUT2D eigenvalue weighted by atomic mass is 35.5. The van der Waals surface area contributed by atoms with Crippen molar-refractivity contribution in [2.75, 3.05) is 19.7 Å². The summed E-state index contributed by atoms with van der Waals surface area (Å²) in [5, 5.41) is 3.08. The Labute approximate surface area is 132 Å². The molecule has 2 atom stereocenters. The van der Waals surface area contributed by atoms with Crippen molar-refractivity contribution in [3.05, 3.63) is 34.6 Å². The summed E-state index contributed by atoms with van der Waals surface area (Å²) in [7, 11) is 0. The number of benzene rings is 1. The number of fused-ring (bicyclic) bond motifs is 1. The minimum atomic E-state index is -0.481. The monoisotopic (exact) mass is 326 g/mol. The molecule has 2 heterocycles. The van der Waals surface area contributed by atoms with Gasteiger partial charge in [0.15, 0.2) is 0 Å². The molecule has 5 nitrogen and oxygen atoms in total. The highest BCUT2D eigenvalue weighted by molar-refractivity contribution is 6.31. The second-order valence-electron chi connectivity index (χ2n) is 5.53. The number of morpholine rings is 1. The molecular formula is C15H16ClFN2O3. The Kier molecular flexibility index (Phi) is 4.31. The fourth-order valence-corrected chi connectivity index (χ4v) is 3.12. The maximum atomic E-state index is 13.8. The van der Waals surface area contributed by atoms with E-state index in [0.717, 1.165) is 0 Å². The summed E-state index contributed by atoms with van der Waals surface area (Å²) >= 11 is 5.95. The molecule has 0 spiro atoms. The van der Waals surface area contributed by atoms with E-state index in [-0.39, 0.29) is 47.6 Å². The summed E-state index contributed by atoms with van der Waals surface area (Å²) in [6.45, 7) is 0.975. The molecule has 7 heteroatoms. The normalized spacial score (nSPS) is 24.6. The van der Waals surface area contributed by atoms with Crippen LogP contribution >= 0.6 is 11.6 Å². The molecule has 2 amide bonds. The van der Waals surface area contributed by atoms with E-state index in [1.807, 2.05) is 0 Å². The van der Waals surface area contributed by atoms with Crippen LogP contribution in [0, 0.1) is 5.82 Å². The van der Waals surface area contributed by atoms with Gasteiger partial charge in [0.2, 0.25) is 11.8 Å². The van der Waals surface area contributed by atoms with Crippen LogP contribution in [0.5, 0.6) is 0 Å². The molecule has 0 radical (unpaired) electrons. The van der Waals surface area contributed by atoms with Crippen molar-refractivity contribution < 1.29 is 18.7 Å². The Morgan fingerprint density at radius 3 is 3.09 bits per heavy atom. The van der Waals surface area contributed by atoms with Gasteiger partial charge in [-0.15, -0.1) is 0 Å². The van der Waals surface area contributed by atoms with Gasteiger partial charge in [0, 0.05) is 23.7 Å². The number of carbonyl (C=O) groups excluding carboxylic acids is 2. The molecule has 2 aliphatic heterocycles. The van der Waals surface area contributed by atoms with Crippen LogP contribution in [0.1, 0.15) is 12.0 Å². The lowest BCUT2D eigenvalue weighted by Crippen LogP contribution is -2.61. The number of carbonyl (C=O) groups is 2. The van der Waals surface area contributed by atoms with Crippen LogP contribution in [0.15, 0.2) is 18.2 Å². The number of nitrogens with one attached hydrogen (secondary N) is 1. The fraction of sp³-hybridized carbons (Fsp3) is 0.467. The zero-order chi connectivity index (χ0) is 15.7. The Hall–Kier alpha value is -1.66. The number of hydrogen-bond acceptors (Lipinski definition) is 3. The third-order valence-corrected chi connectivity index (χ3v) is 4.42. The van der Waals surface area contributed by atoms with Gasteiger partial charge in [0.25, 0.3) is 0 Å². The Morgan fingerprint density at radius 1 is 1.50 bits per heavy atom. The van der Waals surface area contributed by atoms with Gasteiger partial charge in [0.05, 0.1) is 18.6 Å². The number of nitrogens with zero attached hydrogens (tertiary/aromatic N) is 1. The molecule has 0 bridgehead atoms. The minimum absolute atomic E-state index is 0.0567. The van der Waals surface area contributed by atoms with Crippen molar-refractivity contribution in [3.8, 4) is 0 Å². The lowest BCUT2D eigenvalue weighted by atomic mass is 9.99. The maximum Gasteiger partial charge on any atom is 0.246 e. The quantitative estimate of drug-likeness (QED) is 0.886. The minimum Gasteiger partial charge on any atom is -0.366 e. The number of ether oxygens (including phenoxy) is 1. The number of piperidine rings is 1. The van der Waals surface area contributed by atoms with Gasteiger partial charge >= 0.3 is 0 Å². The SMILES string of the molecule is O=C1CO[C@@H]2CCN(C(=O)Cc3c(F)cccc3Cl)C[C@@H]2N1. The molecule has 0 aliphatic carbocycles. The van der Waals surface area contributed by atoms with Crippen LogP contribution in [0.4, 0.5) is 4.39 Å². The smallest absolute Gasteiger partial charge is 0.246 e. The fourth-order valence-electron chi connectivity index (χ4n) is 2.89. The number of amides is 2. The number of rotatable bonds is 2. The van der Waals surface area contributed by atoms with Gasteiger partial charge in [-0.05, 0) is 18.6 Å². The average Bonchev–Trinajstić information content (AvgIpc) is 2.50. The molecule has 1 aromatic carbocycles. The van der Waals surface area contributed by atoms with E-state index in [0.29, 0.717) is 19.5 Å². The molecule has 118 valence electrons. The second-order valence-corrected chi connectivity index (χ2v) is 5.94. The van der Waals surface area contributed by atoms with Crippen molar-refractivity contribution in [3.63, 3.8) is 0 Å². The van der Waals surface area contributed by atoms with Crippen molar-refractivity contribution in [1.82, 2.24) is 10.2 Å². The summed E-state index contributed by atoms with van der Waals surface area (Å²) < 4.78 is 19.2.